The van der Waals surface area contributed by atoms with Crippen LogP contribution in [0.25, 0.3) is 10.9 Å². The lowest BCUT2D eigenvalue weighted by Gasteiger charge is -2.39. The van der Waals surface area contributed by atoms with Crippen LogP contribution >= 0.6 is 11.6 Å². The first-order valence-corrected chi connectivity index (χ1v) is 12.8. The van der Waals surface area contributed by atoms with E-state index in [0.29, 0.717) is 18.0 Å². The number of fused-ring (bicyclic) bond motifs is 1. The van der Waals surface area contributed by atoms with Crippen molar-refractivity contribution in [1.29, 1.82) is 0 Å². The van der Waals surface area contributed by atoms with Gasteiger partial charge in [0.25, 0.3) is 5.56 Å². The number of nitrogens with one attached hydrogen (secondary N) is 1. The second kappa shape index (κ2) is 7.43. The summed E-state index contributed by atoms with van der Waals surface area (Å²) in [6, 6.07) is 3.91. The van der Waals surface area contributed by atoms with Crippen LogP contribution in [0.4, 0.5) is 0 Å². The SMILES string of the molecule is CC1(NS(=O)(=O)c2ccc3c(c2)c(=O)n(C2CN(C(=O)CCl)C2)c(=O)n3CC2CC2)CC1. The lowest BCUT2D eigenvalue weighted by atomic mass is 10.1. The fourth-order valence-corrected chi connectivity index (χ4v) is 5.84. The highest BCUT2D eigenvalue weighted by Crippen LogP contribution is 2.36. The molecule has 0 bridgehead atoms. The molecular formula is C21H25ClN4O5S. The van der Waals surface area contributed by atoms with Crippen molar-refractivity contribution in [3.05, 3.63) is 39.0 Å². The van der Waals surface area contributed by atoms with E-state index in [1.165, 1.54) is 21.6 Å². The van der Waals surface area contributed by atoms with Crippen molar-refractivity contribution in [1.82, 2.24) is 18.8 Å². The molecule has 0 spiro atoms. The Morgan fingerprint density at radius 3 is 2.50 bits per heavy atom. The molecule has 172 valence electrons. The van der Waals surface area contributed by atoms with Crippen molar-refractivity contribution in [3.63, 3.8) is 0 Å². The number of rotatable bonds is 7. The number of hydrogen-bond acceptors (Lipinski definition) is 5. The Morgan fingerprint density at radius 1 is 1.22 bits per heavy atom. The number of benzene rings is 1. The van der Waals surface area contributed by atoms with Crippen LogP contribution in [0.15, 0.2) is 32.7 Å². The minimum absolute atomic E-state index is 0.00551. The summed E-state index contributed by atoms with van der Waals surface area (Å²) in [6.07, 6.45) is 3.58. The van der Waals surface area contributed by atoms with Gasteiger partial charge in [0.05, 0.1) is 21.8 Å². The van der Waals surface area contributed by atoms with Gasteiger partial charge in [-0.15, -0.1) is 11.6 Å². The number of aromatic nitrogens is 2. The molecule has 2 heterocycles. The summed E-state index contributed by atoms with van der Waals surface area (Å²) in [5.41, 5.74) is -0.956. The van der Waals surface area contributed by atoms with Gasteiger partial charge in [0.2, 0.25) is 15.9 Å². The van der Waals surface area contributed by atoms with E-state index in [0.717, 1.165) is 25.7 Å². The van der Waals surface area contributed by atoms with Crippen LogP contribution in [0.2, 0.25) is 0 Å². The molecule has 3 aliphatic rings. The Hall–Kier alpha value is -2.17. The van der Waals surface area contributed by atoms with Gasteiger partial charge >= 0.3 is 5.69 Å². The minimum Gasteiger partial charge on any atom is -0.337 e. The average Bonchev–Trinajstić information content (AvgIpc) is 3.64. The molecule has 2 saturated carbocycles. The Labute approximate surface area is 190 Å². The highest BCUT2D eigenvalue weighted by molar-refractivity contribution is 7.89. The van der Waals surface area contributed by atoms with Gasteiger partial charge in [-0.2, -0.15) is 0 Å². The largest absolute Gasteiger partial charge is 0.337 e. The van der Waals surface area contributed by atoms with Gasteiger partial charge in [0.15, 0.2) is 0 Å². The predicted molar refractivity (Wildman–Crippen MR) is 119 cm³/mol. The zero-order valence-corrected chi connectivity index (χ0v) is 19.3. The van der Waals surface area contributed by atoms with Crippen molar-refractivity contribution in [2.75, 3.05) is 19.0 Å². The van der Waals surface area contributed by atoms with E-state index in [1.54, 1.807) is 10.6 Å². The van der Waals surface area contributed by atoms with Crippen LogP contribution in [0, 0.1) is 5.92 Å². The summed E-state index contributed by atoms with van der Waals surface area (Å²) in [5, 5.41) is 0.191. The number of alkyl halides is 1. The highest BCUT2D eigenvalue weighted by atomic mass is 35.5. The minimum atomic E-state index is -3.80. The van der Waals surface area contributed by atoms with Crippen LogP contribution in [0.1, 0.15) is 38.6 Å². The topological polar surface area (TPSA) is 110 Å². The van der Waals surface area contributed by atoms with E-state index < -0.39 is 32.9 Å². The van der Waals surface area contributed by atoms with E-state index in [4.69, 9.17) is 11.6 Å². The highest BCUT2D eigenvalue weighted by Gasteiger charge is 2.41. The molecule has 0 unspecified atom stereocenters. The standard InChI is InChI=1S/C21H25ClN4O5S/c1-21(6-7-21)23-32(30,31)15-4-5-17-16(8-15)19(28)26(14-11-24(12-14)18(27)9-22)20(29)25(17)10-13-2-3-13/h4-5,8,13-14,23H,2-3,6-7,9-12H2,1H3. The molecule has 1 aromatic heterocycles. The molecule has 0 radical (unpaired) electrons. The first kappa shape index (κ1) is 21.7. The van der Waals surface area contributed by atoms with E-state index in [-0.39, 0.29) is 35.2 Å². The Balaban J connectivity index is 1.61. The number of sulfonamides is 1. The number of halogens is 1. The lowest BCUT2D eigenvalue weighted by molar-refractivity contribution is -0.134. The van der Waals surface area contributed by atoms with Gasteiger partial charge in [-0.05, 0) is 56.7 Å². The van der Waals surface area contributed by atoms with Gasteiger partial charge in [-0.1, -0.05) is 0 Å². The van der Waals surface area contributed by atoms with Crippen molar-refractivity contribution >= 4 is 38.4 Å². The van der Waals surface area contributed by atoms with Crippen molar-refractivity contribution in [2.45, 2.75) is 55.6 Å². The quantitative estimate of drug-likeness (QED) is 0.595. The second-order valence-electron chi connectivity index (χ2n) is 9.44. The average molecular weight is 481 g/mol. The predicted octanol–water partition coefficient (Wildman–Crippen LogP) is 1.03. The maximum absolute atomic E-state index is 13.4. The number of hydrogen-bond donors (Lipinski definition) is 1. The van der Waals surface area contributed by atoms with Crippen LogP contribution in [0.3, 0.4) is 0 Å². The number of carbonyl (C=O) groups excluding carboxylic acids is 1. The molecule has 0 atom stereocenters. The van der Waals surface area contributed by atoms with E-state index in [1.807, 2.05) is 6.92 Å². The third-order valence-electron chi connectivity index (χ3n) is 6.67. The summed E-state index contributed by atoms with van der Waals surface area (Å²) in [4.78, 5) is 40.0. The molecule has 1 aliphatic heterocycles. The maximum atomic E-state index is 13.4. The van der Waals surface area contributed by atoms with Gasteiger partial charge in [-0.25, -0.2) is 17.9 Å². The molecule has 1 amide bonds. The third kappa shape index (κ3) is 3.78. The van der Waals surface area contributed by atoms with Crippen LogP contribution in [-0.2, 0) is 21.4 Å². The molecule has 1 aromatic carbocycles. The lowest BCUT2D eigenvalue weighted by Crippen LogP contribution is -2.57. The normalized spacial score (nSPS) is 20.4. The first-order chi connectivity index (χ1) is 15.1. The third-order valence-corrected chi connectivity index (χ3v) is 8.53. The van der Waals surface area contributed by atoms with Crippen molar-refractivity contribution < 1.29 is 13.2 Å². The first-order valence-electron chi connectivity index (χ1n) is 10.8. The van der Waals surface area contributed by atoms with Crippen molar-refractivity contribution in [3.8, 4) is 0 Å². The van der Waals surface area contributed by atoms with Gasteiger partial charge in [0, 0.05) is 25.2 Å². The Bertz CT molecular complexity index is 1330. The number of likely N-dealkylation sites (tertiary alicyclic amines) is 1. The van der Waals surface area contributed by atoms with Crippen LogP contribution in [-0.4, -0.2) is 52.9 Å². The summed E-state index contributed by atoms with van der Waals surface area (Å²) in [6.45, 7) is 2.78. The molecule has 1 N–H and O–H groups in total. The van der Waals surface area contributed by atoms with Gasteiger partial charge < -0.3 is 4.90 Å². The van der Waals surface area contributed by atoms with E-state index >= 15 is 0 Å². The zero-order chi connectivity index (χ0) is 22.8. The van der Waals surface area contributed by atoms with Crippen LogP contribution in [0.5, 0.6) is 0 Å². The van der Waals surface area contributed by atoms with E-state index in [2.05, 4.69) is 4.72 Å². The number of amides is 1. The Kier molecular flexibility index (Phi) is 5.03. The summed E-state index contributed by atoms with van der Waals surface area (Å²) < 4.78 is 31.2. The molecular weight excluding hydrogens is 456 g/mol. The fourth-order valence-electron chi connectivity index (χ4n) is 4.18. The molecule has 2 aromatic rings. The second-order valence-corrected chi connectivity index (χ2v) is 11.4. The maximum Gasteiger partial charge on any atom is 0.331 e. The molecule has 2 aliphatic carbocycles. The summed E-state index contributed by atoms with van der Waals surface area (Å²) in [5.74, 6) is -0.0289. The van der Waals surface area contributed by atoms with Crippen LogP contribution < -0.4 is 16.0 Å². The molecule has 1 saturated heterocycles. The zero-order valence-electron chi connectivity index (χ0n) is 17.7. The summed E-state index contributed by atoms with van der Waals surface area (Å²) in [7, 11) is -3.80. The summed E-state index contributed by atoms with van der Waals surface area (Å²) >= 11 is 5.61. The van der Waals surface area contributed by atoms with Gasteiger partial charge in [0.1, 0.15) is 5.88 Å². The molecule has 5 rings (SSSR count). The number of carbonyl (C=O) groups is 1. The Morgan fingerprint density at radius 2 is 1.91 bits per heavy atom. The van der Waals surface area contributed by atoms with E-state index in [9.17, 15) is 22.8 Å². The molecule has 9 nitrogen and oxygen atoms in total. The number of nitrogens with zero attached hydrogens (tertiary/aromatic N) is 3. The smallest absolute Gasteiger partial charge is 0.331 e. The molecule has 3 fully saturated rings. The molecule has 32 heavy (non-hydrogen) atoms. The molecule has 11 heteroatoms. The fraction of sp³-hybridized carbons (Fsp3) is 0.571. The monoisotopic (exact) mass is 480 g/mol. The van der Waals surface area contributed by atoms with Gasteiger partial charge in [-0.3, -0.25) is 18.7 Å². The van der Waals surface area contributed by atoms with Crippen molar-refractivity contribution in [2.24, 2.45) is 5.92 Å².